The number of ether oxygens (including phenoxy) is 2. The van der Waals surface area contributed by atoms with Crippen LogP contribution >= 0.6 is 0 Å². The second-order valence-corrected chi connectivity index (χ2v) is 6.56. The van der Waals surface area contributed by atoms with Gasteiger partial charge < -0.3 is 9.47 Å². The molecular formula is C12H15NO7S. The molecule has 2 rings (SSSR count). The van der Waals surface area contributed by atoms with Gasteiger partial charge >= 0.3 is 0 Å². The molecule has 0 N–H and O–H groups in total. The van der Waals surface area contributed by atoms with Gasteiger partial charge in [0.2, 0.25) is 0 Å². The minimum absolute atomic E-state index is 0.147. The van der Waals surface area contributed by atoms with Gasteiger partial charge in [-0.2, -0.15) is 8.42 Å². The zero-order chi connectivity index (χ0) is 15.7. The fourth-order valence-electron chi connectivity index (χ4n) is 1.81. The molecule has 0 spiro atoms. The van der Waals surface area contributed by atoms with E-state index < -0.39 is 26.9 Å². The molecule has 0 bridgehead atoms. The lowest BCUT2D eigenvalue weighted by atomic mass is 10.3. The van der Waals surface area contributed by atoms with Crippen LogP contribution in [0.25, 0.3) is 0 Å². The number of rotatable bonds is 5. The topological polar surface area (TPSA) is 105 Å². The van der Waals surface area contributed by atoms with Gasteiger partial charge in [0.1, 0.15) is 6.10 Å². The van der Waals surface area contributed by atoms with Crippen molar-refractivity contribution in [1.82, 2.24) is 0 Å². The molecule has 1 atom stereocenters. The molecule has 1 heterocycles. The van der Waals surface area contributed by atoms with E-state index in [0.29, 0.717) is 0 Å². The third-order valence-electron chi connectivity index (χ3n) is 2.81. The third kappa shape index (κ3) is 3.97. The van der Waals surface area contributed by atoms with Crippen molar-refractivity contribution in [2.75, 3.05) is 13.2 Å². The van der Waals surface area contributed by atoms with E-state index in [9.17, 15) is 18.5 Å². The van der Waals surface area contributed by atoms with Gasteiger partial charge in [-0.1, -0.05) is 0 Å². The monoisotopic (exact) mass is 317 g/mol. The predicted octanol–water partition coefficient (Wildman–Crippen LogP) is 1.45. The van der Waals surface area contributed by atoms with E-state index in [1.165, 1.54) is 0 Å². The standard InChI is InChI=1S/C12H15NO7S/c1-12(2)18-7-10(20-12)8-19-21(16,17)11-5-3-9(4-6-11)13(14)15/h3-6,10H,7-8H2,1-2H3. The van der Waals surface area contributed by atoms with Crippen molar-refractivity contribution in [2.45, 2.75) is 30.6 Å². The summed E-state index contributed by atoms with van der Waals surface area (Å²) in [4.78, 5) is 9.76. The maximum absolute atomic E-state index is 11.9. The number of hydrogen-bond donors (Lipinski definition) is 0. The summed E-state index contributed by atoms with van der Waals surface area (Å²) in [5.41, 5.74) is -0.191. The van der Waals surface area contributed by atoms with Gasteiger partial charge in [0.25, 0.3) is 15.8 Å². The van der Waals surface area contributed by atoms with Crippen molar-refractivity contribution in [3.05, 3.63) is 34.4 Å². The number of hydrogen-bond acceptors (Lipinski definition) is 7. The summed E-state index contributed by atoms with van der Waals surface area (Å²) in [6.07, 6.45) is -0.479. The molecule has 1 aliphatic rings. The summed E-state index contributed by atoms with van der Waals surface area (Å²) < 4.78 is 39.5. The van der Waals surface area contributed by atoms with Crippen LogP contribution in [-0.4, -0.2) is 38.4 Å². The van der Waals surface area contributed by atoms with E-state index >= 15 is 0 Å². The molecule has 1 aliphatic heterocycles. The van der Waals surface area contributed by atoms with Gasteiger partial charge in [-0.25, -0.2) is 0 Å². The van der Waals surface area contributed by atoms with Gasteiger partial charge in [-0.05, 0) is 26.0 Å². The summed E-state index contributed by atoms with van der Waals surface area (Å²) in [5.74, 6) is -0.759. The second kappa shape index (κ2) is 5.68. The van der Waals surface area contributed by atoms with E-state index in [-0.39, 0.29) is 23.8 Å². The molecule has 1 aromatic rings. The van der Waals surface area contributed by atoms with E-state index in [4.69, 9.17) is 13.7 Å². The molecule has 21 heavy (non-hydrogen) atoms. The number of benzene rings is 1. The van der Waals surface area contributed by atoms with Crippen LogP contribution < -0.4 is 0 Å². The Morgan fingerprint density at radius 2 is 2.00 bits per heavy atom. The van der Waals surface area contributed by atoms with Gasteiger partial charge in [-0.3, -0.25) is 14.3 Å². The average molecular weight is 317 g/mol. The first-order valence-corrected chi connectivity index (χ1v) is 7.56. The zero-order valence-corrected chi connectivity index (χ0v) is 12.3. The summed E-state index contributed by atoms with van der Waals surface area (Å²) >= 11 is 0. The molecule has 0 amide bonds. The maximum Gasteiger partial charge on any atom is 0.297 e. The third-order valence-corrected chi connectivity index (χ3v) is 4.11. The maximum atomic E-state index is 11.9. The normalized spacial score (nSPS) is 21.3. The van der Waals surface area contributed by atoms with Crippen LogP contribution in [0, 0.1) is 10.1 Å². The molecule has 0 aromatic heterocycles. The molecular weight excluding hydrogens is 302 g/mol. The Morgan fingerprint density at radius 3 is 2.48 bits per heavy atom. The van der Waals surface area contributed by atoms with Crippen LogP contribution in [0.4, 0.5) is 5.69 Å². The molecule has 0 saturated carbocycles. The Balaban J connectivity index is 2.00. The summed E-state index contributed by atoms with van der Waals surface area (Å²) in [7, 11) is -3.99. The highest BCUT2D eigenvalue weighted by Crippen LogP contribution is 2.24. The summed E-state index contributed by atoms with van der Waals surface area (Å²) in [5, 5.41) is 10.5. The molecule has 1 saturated heterocycles. The van der Waals surface area contributed by atoms with Crippen LogP contribution in [0.15, 0.2) is 29.2 Å². The first-order chi connectivity index (χ1) is 9.70. The fraction of sp³-hybridized carbons (Fsp3) is 0.500. The Hall–Kier alpha value is -1.55. The van der Waals surface area contributed by atoms with Gasteiger partial charge in [0.15, 0.2) is 5.79 Å². The second-order valence-electron chi connectivity index (χ2n) is 4.94. The SMILES string of the molecule is CC1(C)OCC(COS(=O)(=O)c2ccc([N+](=O)[O-])cc2)O1. The van der Waals surface area contributed by atoms with Gasteiger partial charge in [0.05, 0.1) is 23.0 Å². The van der Waals surface area contributed by atoms with Crippen LogP contribution in [0.1, 0.15) is 13.8 Å². The molecule has 1 unspecified atom stereocenters. The van der Waals surface area contributed by atoms with Gasteiger partial charge in [0, 0.05) is 12.1 Å². The highest BCUT2D eigenvalue weighted by atomic mass is 32.2. The molecule has 1 aromatic carbocycles. The van der Waals surface area contributed by atoms with Gasteiger partial charge in [-0.15, -0.1) is 0 Å². The van der Waals surface area contributed by atoms with Crippen LogP contribution in [0.5, 0.6) is 0 Å². The lowest BCUT2D eigenvalue weighted by Crippen LogP contribution is -2.25. The van der Waals surface area contributed by atoms with Crippen LogP contribution in [-0.2, 0) is 23.8 Å². The minimum Gasteiger partial charge on any atom is -0.348 e. The van der Waals surface area contributed by atoms with Crippen molar-refractivity contribution in [3.8, 4) is 0 Å². The quantitative estimate of drug-likeness (QED) is 0.460. The Kier molecular flexibility index (Phi) is 4.28. The smallest absolute Gasteiger partial charge is 0.297 e. The predicted molar refractivity (Wildman–Crippen MR) is 71.1 cm³/mol. The number of nitrogens with zero attached hydrogens (tertiary/aromatic N) is 1. The molecule has 0 aliphatic carbocycles. The Bertz CT molecular complexity index is 624. The first-order valence-electron chi connectivity index (χ1n) is 6.15. The number of nitro groups is 1. The number of non-ortho nitro benzene ring substituents is 1. The zero-order valence-electron chi connectivity index (χ0n) is 11.5. The molecule has 8 nitrogen and oxygen atoms in total. The molecule has 116 valence electrons. The largest absolute Gasteiger partial charge is 0.348 e. The van der Waals surface area contributed by atoms with Crippen LogP contribution in [0.2, 0.25) is 0 Å². The van der Waals surface area contributed by atoms with Crippen molar-refractivity contribution < 1.29 is 27.0 Å². The van der Waals surface area contributed by atoms with Crippen molar-refractivity contribution in [1.29, 1.82) is 0 Å². The van der Waals surface area contributed by atoms with E-state index in [1.54, 1.807) is 13.8 Å². The van der Waals surface area contributed by atoms with E-state index in [0.717, 1.165) is 24.3 Å². The number of nitro benzene ring substituents is 1. The average Bonchev–Trinajstić information content (AvgIpc) is 2.76. The Morgan fingerprint density at radius 1 is 1.38 bits per heavy atom. The fourth-order valence-corrected chi connectivity index (χ4v) is 2.75. The first kappa shape index (κ1) is 15.8. The van der Waals surface area contributed by atoms with E-state index in [1.807, 2.05) is 0 Å². The molecule has 0 radical (unpaired) electrons. The lowest BCUT2D eigenvalue weighted by Gasteiger charge is -2.16. The van der Waals surface area contributed by atoms with Crippen molar-refractivity contribution in [2.24, 2.45) is 0 Å². The van der Waals surface area contributed by atoms with E-state index in [2.05, 4.69) is 0 Å². The highest BCUT2D eigenvalue weighted by Gasteiger charge is 2.33. The summed E-state index contributed by atoms with van der Waals surface area (Å²) in [6.45, 7) is 3.50. The Labute approximate surface area is 121 Å². The van der Waals surface area contributed by atoms with Crippen LogP contribution in [0.3, 0.4) is 0 Å². The lowest BCUT2D eigenvalue weighted by molar-refractivity contribution is -0.384. The molecule has 1 fully saturated rings. The molecule has 9 heteroatoms. The summed E-state index contributed by atoms with van der Waals surface area (Å²) in [6, 6.07) is 4.47. The van der Waals surface area contributed by atoms with Crippen molar-refractivity contribution >= 4 is 15.8 Å². The minimum atomic E-state index is -3.99. The van der Waals surface area contributed by atoms with Crippen molar-refractivity contribution in [3.63, 3.8) is 0 Å². The highest BCUT2D eigenvalue weighted by molar-refractivity contribution is 7.86.